The summed E-state index contributed by atoms with van der Waals surface area (Å²) in [6, 6.07) is 0. The van der Waals surface area contributed by atoms with Crippen LogP contribution in [0.15, 0.2) is 0 Å². The second-order valence-electron chi connectivity index (χ2n) is 5.04. The van der Waals surface area contributed by atoms with Crippen molar-refractivity contribution in [1.82, 2.24) is 9.80 Å². The summed E-state index contributed by atoms with van der Waals surface area (Å²) < 4.78 is 5.09. The van der Waals surface area contributed by atoms with Gasteiger partial charge < -0.3 is 9.84 Å². The first-order valence-corrected chi connectivity index (χ1v) is 6.79. The number of piperazine rings is 1. The maximum absolute atomic E-state index is 10.3. The highest BCUT2D eigenvalue weighted by molar-refractivity contribution is 4.82. The molecule has 1 rings (SSSR count). The Morgan fingerprint density at radius 2 is 1.59 bits per heavy atom. The smallest absolute Gasteiger partial charge is 0.0768 e. The molecule has 0 bridgehead atoms. The van der Waals surface area contributed by atoms with E-state index in [-0.39, 0.29) is 0 Å². The van der Waals surface area contributed by atoms with Gasteiger partial charge in [0.2, 0.25) is 0 Å². The van der Waals surface area contributed by atoms with Crippen LogP contribution in [0.3, 0.4) is 0 Å². The number of aliphatic hydroxyl groups is 1. The summed E-state index contributed by atoms with van der Waals surface area (Å²) in [5, 5.41) is 10.3. The molecule has 0 spiro atoms. The molecule has 4 heteroatoms. The number of hydrogen-bond acceptors (Lipinski definition) is 4. The van der Waals surface area contributed by atoms with Crippen LogP contribution in [0.1, 0.15) is 26.7 Å². The van der Waals surface area contributed by atoms with Crippen LogP contribution in [0.4, 0.5) is 0 Å². The number of methoxy groups -OCH3 is 1. The third-order valence-corrected chi connectivity index (χ3v) is 3.91. The van der Waals surface area contributed by atoms with E-state index < -0.39 is 5.60 Å². The zero-order valence-electron chi connectivity index (χ0n) is 11.6. The van der Waals surface area contributed by atoms with Crippen LogP contribution < -0.4 is 0 Å². The van der Waals surface area contributed by atoms with Crippen LogP contribution in [0, 0.1) is 0 Å². The Kier molecular flexibility index (Phi) is 6.41. The molecule has 0 atom stereocenters. The molecule has 1 N–H and O–H groups in total. The number of nitrogens with zero attached hydrogens (tertiary/aromatic N) is 2. The number of ether oxygens (including phenoxy) is 1. The van der Waals surface area contributed by atoms with Gasteiger partial charge in [0.15, 0.2) is 0 Å². The largest absolute Gasteiger partial charge is 0.389 e. The summed E-state index contributed by atoms with van der Waals surface area (Å²) >= 11 is 0. The van der Waals surface area contributed by atoms with Gasteiger partial charge in [-0.25, -0.2) is 0 Å². The van der Waals surface area contributed by atoms with Crippen molar-refractivity contribution in [2.24, 2.45) is 0 Å². The van der Waals surface area contributed by atoms with Gasteiger partial charge in [0.05, 0.1) is 12.2 Å². The van der Waals surface area contributed by atoms with Gasteiger partial charge in [0.1, 0.15) is 0 Å². The molecule has 0 unspecified atom stereocenters. The Morgan fingerprint density at radius 3 is 2.06 bits per heavy atom. The lowest BCUT2D eigenvalue weighted by molar-refractivity contribution is -0.0170. The maximum atomic E-state index is 10.3. The number of rotatable bonds is 7. The molecular weight excluding hydrogens is 216 g/mol. The van der Waals surface area contributed by atoms with E-state index in [9.17, 15) is 5.11 Å². The molecule has 0 aliphatic carbocycles. The molecule has 1 aliphatic rings. The minimum Gasteiger partial charge on any atom is -0.389 e. The Bertz CT molecular complexity index is 200. The molecule has 0 aromatic heterocycles. The SMILES string of the molecule is CCC(O)(CC)CN1CCN(CCOC)CC1. The van der Waals surface area contributed by atoms with E-state index in [0.717, 1.165) is 58.7 Å². The quantitative estimate of drug-likeness (QED) is 0.719. The Labute approximate surface area is 106 Å². The van der Waals surface area contributed by atoms with Crippen molar-refractivity contribution < 1.29 is 9.84 Å². The van der Waals surface area contributed by atoms with Gasteiger partial charge in [-0.1, -0.05) is 13.8 Å². The average molecular weight is 244 g/mol. The predicted molar refractivity (Wildman–Crippen MR) is 70.3 cm³/mol. The second-order valence-corrected chi connectivity index (χ2v) is 5.04. The van der Waals surface area contributed by atoms with Gasteiger partial charge in [-0.2, -0.15) is 0 Å². The normalized spacial score (nSPS) is 19.8. The first kappa shape index (κ1) is 14.9. The van der Waals surface area contributed by atoms with Gasteiger partial charge in [0, 0.05) is 46.4 Å². The highest BCUT2D eigenvalue weighted by Gasteiger charge is 2.27. The molecule has 4 nitrogen and oxygen atoms in total. The average Bonchev–Trinajstić information content (AvgIpc) is 2.38. The first-order chi connectivity index (χ1) is 8.13. The highest BCUT2D eigenvalue weighted by atomic mass is 16.5. The second kappa shape index (κ2) is 7.31. The fourth-order valence-corrected chi connectivity index (χ4v) is 2.28. The van der Waals surface area contributed by atoms with Crippen LogP contribution in [-0.4, -0.2) is 73.5 Å². The van der Waals surface area contributed by atoms with Crippen molar-refractivity contribution in [2.45, 2.75) is 32.3 Å². The van der Waals surface area contributed by atoms with E-state index in [2.05, 4.69) is 23.6 Å². The molecule has 1 heterocycles. The molecule has 17 heavy (non-hydrogen) atoms. The van der Waals surface area contributed by atoms with Crippen molar-refractivity contribution in [3.8, 4) is 0 Å². The summed E-state index contributed by atoms with van der Waals surface area (Å²) in [5.74, 6) is 0. The van der Waals surface area contributed by atoms with Crippen molar-refractivity contribution in [3.63, 3.8) is 0 Å². The van der Waals surface area contributed by atoms with Crippen molar-refractivity contribution in [3.05, 3.63) is 0 Å². The van der Waals surface area contributed by atoms with Crippen LogP contribution in [0.2, 0.25) is 0 Å². The number of hydrogen-bond donors (Lipinski definition) is 1. The van der Waals surface area contributed by atoms with E-state index >= 15 is 0 Å². The van der Waals surface area contributed by atoms with E-state index in [1.165, 1.54) is 0 Å². The van der Waals surface area contributed by atoms with Crippen LogP contribution in [0.25, 0.3) is 0 Å². The Morgan fingerprint density at radius 1 is 1.06 bits per heavy atom. The molecule has 0 radical (unpaired) electrons. The third kappa shape index (κ3) is 4.92. The van der Waals surface area contributed by atoms with Gasteiger partial charge in [-0.3, -0.25) is 9.80 Å². The molecule has 0 amide bonds. The molecule has 1 saturated heterocycles. The summed E-state index contributed by atoms with van der Waals surface area (Å²) in [6.45, 7) is 11.1. The van der Waals surface area contributed by atoms with Gasteiger partial charge in [-0.15, -0.1) is 0 Å². The first-order valence-electron chi connectivity index (χ1n) is 6.79. The summed E-state index contributed by atoms with van der Waals surface area (Å²) in [6.07, 6.45) is 1.68. The monoisotopic (exact) mass is 244 g/mol. The molecule has 0 aromatic carbocycles. The minimum absolute atomic E-state index is 0.491. The van der Waals surface area contributed by atoms with Crippen molar-refractivity contribution in [2.75, 3.05) is 53.0 Å². The fourth-order valence-electron chi connectivity index (χ4n) is 2.28. The van der Waals surface area contributed by atoms with E-state index in [1.54, 1.807) is 7.11 Å². The molecule has 102 valence electrons. The van der Waals surface area contributed by atoms with Crippen molar-refractivity contribution in [1.29, 1.82) is 0 Å². The number of β-amino-alcohol motifs (C(OH)–C–C–N with tert-alkyl or cyclic N) is 1. The lowest BCUT2D eigenvalue weighted by atomic mass is 9.96. The Hall–Kier alpha value is -0.160. The van der Waals surface area contributed by atoms with Crippen molar-refractivity contribution >= 4 is 0 Å². The maximum Gasteiger partial charge on any atom is 0.0768 e. The zero-order valence-corrected chi connectivity index (χ0v) is 11.6. The van der Waals surface area contributed by atoms with E-state index in [0.29, 0.717) is 0 Å². The van der Waals surface area contributed by atoms with E-state index in [1.807, 2.05) is 0 Å². The predicted octanol–water partition coefficient (Wildman–Crippen LogP) is 0.802. The van der Waals surface area contributed by atoms with Gasteiger partial charge >= 0.3 is 0 Å². The van der Waals surface area contributed by atoms with Gasteiger partial charge in [0.25, 0.3) is 0 Å². The summed E-state index contributed by atoms with van der Waals surface area (Å²) in [5.41, 5.74) is -0.491. The lowest BCUT2D eigenvalue weighted by Gasteiger charge is -2.38. The third-order valence-electron chi connectivity index (χ3n) is 3.91. The Balaban J connectivity index is 2.27. The molecule has 0 aromatic rings. The van der Waals surface area contributed by atoms with Gasteiger partial charge in [-0.05, 0) is 12.8 Å². The van der Waals surface area contributed by atoms with Crippen LogP contribution in [-0.2, 0) is 4.74 Å². The fraction of sp³-hybridized carbons (Fsp3) is 1.00. The summed E-state index contributed by atoms with van der Waals surface area (Å²) in [7, 11) is 1.75. The van der Waals surface area contributed by atoms with E-state index in [4.69, 9.17) is 4.74 Å². The molecular formula is C13H28N2O2. The molecule has 1 fully saturated rings. The van der Waals surface area contributed by atoms with Crippen LogP contribution in [0.5, 0.6) is 0 Å². The zero-order chi connectivity index (χ0) is 12.7. The summed E-state index contributed by atoms with van der Waals surface area (Å²) in [4.78, 5) is 4.81. The lowest BCUT2D eigenvalue weighted by Crippen LogP contribution is -2.52. The topological polar surface area (TPSA) is 35.9 Å². The highest BCUT2D eigenvalue weighted by Crippen LogP contribution is 2.17. The minimum atomic E-state index is -0.491. The standard InChI is InChI=1S/C13H28N2O2/c1-4-13(16,5-2)12-15-8-6-14(7-9-15)10-11-17-3/h16H,4-12H2,1-3H3. The molecule has 1 aliphatic heterocycles. The van der Waals surface area contributed by atoms with Crippen LogP contribution >= 0.6 is 0 Å². The molecule has 0 saturated carbocycles.